The predicted molar refractivity (Wildman–Crippen MR) is 261 cm³/mol. The van der Waals surface area contributed by atoms with Gasteiger partial charge in [0.2, 0.25) is 17.7 Å². The summed E-state index contributed by atoms with van der Waals surface area (Å²) in [5, 5.41) is 17.3. The van der Waals surface area contributed by atoms with Gasteiger partial charge in [0.25, 0.3) is 0 Å². The van der Waals surface area contributed by atoms with Crippen LogP contribution in [0.3, 0.4) is 0 Å². The third-order valence-corrected chi connectivity index (χ3v) is 13.9. The highest BCUT2D eigenvalue weighted by Gasteiger charge is 2.45. The molecule has 0 radical (unpaired) electrons. The minimum absolute atomic E-state index is 0.0101. The zero-order chi connectivity index (χ0) is 50.1. The lowest BCUT2D eigenvalue weighted by Gasteiger charge is -2.43. The van der Waals surface area contributed by atoms with Crippen LogP contribution in [0, 0.1) is 24.0 Å². The Kier molecular flexibility index (Phi) is 14.8. The van der Waals surface area contributed by atoms with Gasteiger partial charge in [-0.3, -0.25) is 24.3 Å². The highest BCUT2D eigenvalue weighted by atomic mass is 32.1. The molecule has 2 aliphatic heterocycles. The Bertz CT molecular complexity index is 2820. The van der Waals surface area contributed by atoms with Gasteiger partial charge in [-0.2, -0.15) is 0 Å². The second-order valence-corrected chi connectivity index (χ2v) is 20.9. The second-order valence-electron chi connectivity index (χ2n) is 20.1. The Balaban J connectivity index is 0.840. The number of alkyl halides is 1. The van der Waals surface area contributed by atoms with Crippen molar-refractivity contribution in [3.63, 3.8) is 0 Å². The van der Waals surface area contributed by atoms with Crippen LogP contribution in [0.25, 0.3) is 21.3 Å². The van der Waals surface area contributed by atoms with E-state index < -0.39 is 64.7 Å². The van der Waals surface area contributed by atoms with Gasteiger partial charge in [-0.25, -0.2) is 18.2 Å². The van der Waals surface area contributed by atoms with Crippen LogP contribution in [0.15, 0.2) is 84.5 Å². The Morgan fingerprint density at radius 2 is 1.69 bits per heavy atom. The van der Waals surface area contributed by atoms with Crippen molar-refractivity contribution in [3.05, 3.63) is 135 Å². The van der Waals surface area contributed by atoms with Gasteiger partial charge >= 0.3 is 0 Å². The Labute approximate surface area is 409 Å². The summed E-state index contributed by atoms with van der Waals surface area (Å²) >= 11 is 1.56. The van der Waals surface area contributed by atoms with Gasteiger partial charge in [0, 0.05) is 72.6 Å². The van der Waals surface area contributed by atoms with E-state index in [1.165, 1.54) is 24.9 Å². The molecule has 5 atom stereocenters. The van der Waals surface area contributed by atoms with Crippen LogP contribution in [-0.2, 0) is 45.3 Å². The summed E-state index contributed by atoms with van der Waals surface area (Å²) in [5.41, 5.74) is 5.61. The zero-order valence-corrected chi connectivity index (χ0v) is 41.3. The van der Waals surface area contributed by atoms with Crippen molar-refractivity contribution in [2.75, 3.05) is 19.7 Å². The van der Waals surface area contributed by atoms with Crippen LogP contribution < -0.4 is 15.4 Å². The number of nitrogens with one attached hydrogen (secondary N) is 3. The maximum absolute atomic E-state index is 16.2. The normalized spacial score (nSPS) is 19.0. The minimum atomic E-state index is -1.63. The number of likely N-dealkylation sites (tertiary alicyclic amines) is 1. The molecular weight excluding hydrogens is 920 g/mol. The molecule has 370 valence electrons. The molecule has 13 nitrogen and oxygen atoms in total. The first-order valence-electron chi connectivity index (χ1n) is 23.5. The lowest BCUT2D eigenvalue weighted by molar-refractivity contribution is -0.144. The number of aliphatic hydroxyl groups is 1. The number of thiazole rings is 1. The zero-order valence-electron chi connectivity index (χ0n) is 40.4. The van der Waals surface area contributed by atoms with Gasteiger partial charge in [0.1, 0.15) is 48.4 Å². The van der Waals surface area contributed by atoms with E-state index in [1.54, 1.807) is 49.8 Å². The van der Waals surface area contributed by atoms with E-state index in [1.807, 2.05) is 67.3 Å². The summed E-state index contributed by atoms with van der Waals surface area (Å²) in [5.74, 6) is -3.11. The van der Waals surface area contributed by atoms with Gasteiger partial charge in [0.15, 0.2) is 0 Å². The van der Waals surface area contributed by atoms with E-state index in [2.05, 4.69) is 25.6 Å². The maximum atomic E-state index is 16.2. The Hall–Kier alpha value is -6.14. The molecule has 4 N–H and O–H groups in total. The van der Waals surface area contributed by atoms with Crippen molar-refractivity contribution in [1.29, 1.82) is 0 Å². The molecule has 1 fully saturated rings. The van der Waals surface area contributed by atoms with Crippen LogP contribution in [0.2, 0.25) is 0 Å². The molecule has 2 aliphatic rings. The molecule has 3 aromatic carbocycles. The number of ether oxygens (including phenoxy) is 2. The molecular formula is C53H60F3N7O6S. The molecule has 3 amide bonds. The molecule has 8 rings (SSSR count). The van der Waals surface area contributed by atoms with Crippen LogP contribution in [0.5, 0.6) is 5.75 Å². The van der Waals surface area contributed by atoms with Crippen molar-refractivity contribution < 1.29 is 42.1 Å². The fraction of sp³-hybridized carbons (Fsp3) is 0.415. The summed E-state index contributed by atoms with van der Waals surface area (Å²) in [6.45, 7) is 11.9. The number of aryl methyl sites for hydroxylation is 1. The maximum Gasteiger partial charge on any atom is 0.246 e. The number of hydrogen-bond acceptors (Lipinski definition) is 10. The summed E-state index contributed by atoms with van der Waals surface area (Å²) in [7, 11) is 0. The third-order valence-electron chi connectivity index (χ3n) is 12.9. The second kappa shape index (κ2) is 20.7. The SMILES string of the molecule is Cc1ncsc1-c1ccc(CNC(=O)[C@@H]2C[C@@H](O)CN2C(=O)[C@@H](NC(=O)COCc2ccc(COc3cc(F)c([C@@H]4c5[nH]c6ccccc6c5C[C@@H](C)N4CC(C)(C)F)c(F)c3)nc2)C(C)(C)C)cc1. The number of carbonyl (C=O) groups excluding carboxylic acids is 3. The van der Waals surface area contributed by atoms with Crippen molar-refractivity contribution in [2.24, 2.45) is 5.41 Å². The van der Waals surface area contributed by atoms with Gasteiger partial charge in [-0.1, -0.05) is 69.3 Å². The average molecular weight is 980 g/mol. The van der Waals surface area contributed by atoms with Crippen LogP contribution in [0.4, 0.5) is 13.2 Å². The molecule has 17 heteroatoms. The van der Waals surface area contributed by atoms with Crippen molar-refractivity contribution in [3.8, 4) is 16.2 Å². The molecule has 70 heavy (non-hydrogen) atoms. The van der Waals surface area contributed by atoms with E-state index in [0.29, 0.717) is 23.4 Å². The number of pyridine rings is 1. The van der Waals surface area contributed by atoms with E-state index in [-0.39, 0.29) is 63.2 Å². The fourth-order valence-corrected chi connectivity index (χ4v) is 10.2. The highest BCUT2D eigenvalue weighted by Crippen LogP contribution is 2.44. The fourth-order valence-electron chi connectivity index (χ4n) is 9.43. The Morgan fingerprint density at radius 3 is 2.34 bits per heavy atom. The van der Waals surface area contributed by atoms with Crippen molar-refractivity contribution >= 4 is 40.0 Å². The number of rotatable bonds is 16. The number of amides is 3. The number of β-amino-alcohol motifs (C(OH)–C–C–N with tert-alkyl or cyclic N) is 1. The number of fused-ring (bicyclic) bond motifs is 3. The molecule has 0 saturated carbocycles. The minimum Gasteiger partial charge on any atom is -0.487 e. The number of aromatic amines is 1. The quantitative estimate of drug-likeness (QED) is 0.0749. The van der Waals surface area contributed by atoms with Crippen molar-refractivity contribution in [1.82, 2.24) is 35.4 Å². The van der Waals surface area contributed by atoms with E-state index in [4.69, 9.17) is 9.47 Å². The first-order valence-corrected chi connectivity index (χ1v) is 24.3. The van der Waals surface area contributed by atoms with E-state index in [0.717, 1.165) is 50.3 Å². The average Bonchev–Trinajstić information content (AvgIpc) is 4.03. The molecule has 1 saturated heterocycles. The number of H-pyrrole nitrogens is 1. The standard InChI is InChI=1S/C53H60F3N7O6S/c1-30-18-39-38-10-8-9-11-42(38)60-46(39)47(63(30)28-53(6,7)56)45-40(54)20-37(21-41(45)55)69-26-35-17-14-33(23-57-35)25-68-27-44(65)61-49(52(3,4)5)51(67)62-24-36(64)19-43(62)50(66)58-22-32-12-15-34(16-13-32)48-31(2)59-29-70-48/h8-17,20-21,23,29-30,36,43,47,49,60,64H,18-19,22,24-28H2,1-7H3,(H,58,66)(H,61,65)/t30-,36-,43+,47-,49-/m1/s1. The largest absolute Gasteiger partial charge is 0.487 e. The highest BCUT2D eigenvalue weighted by molar-refractivity contribution is 7.13. The number of para-hydroxylation sites is 1. The van der Waals surface area contributed by atoms with Crippen LogP contribution >= 0.6 is 11.3 Å². The number of benzene rings is 3. The molecule has 0 unspecified atom stereocenters. The first-order chi connectivity index (χ1) is 33.2. The number of carbonyl (C=O) groups is 3. The number of aliphatic hydroxyl groups excluding tert-OH is 1. The smallest absolute Gasteiger partial charge is 0.246 e. The monoisotopic (exact) mass is 979 g/mol. The summed E-state index contributed by atoms with van der Waals surface area (Å²) in [4.78, 5) is 57.1. The Morgan fingerprint density at radius 1 is 0.971 bits per heavy atom. The molecule has 0 aliphatic carbocycles. The molecule has 3 aromatic heterocycles. The summed E-state index contributed by atoms with van der Waals surface area (Å²) in [6.07, 6.45) is 1.28. The van der Waals surface area contributed by atoms with E-state index >= 15 is 13.2 Å². The van der Waals surface area contributed by atoms with Crippen LogP contribution in [-0.4, -0.2) is 97.2 Å². The summed E-state index contributed by atoms with van der Waals surface area (Å²) < 4.78 is 59.1. The van der Waals surface area contributed by atoms with Crippen LogP contribution in [0.1, 0.15) is 93.3 Å². The third kappa shape index (κ3) is 11.4. The topological polar surface area (TPSA) is 162 Å². The van der Waals surface area contributed by atoms with Crippen molar-refractivity contribution in [2.45, 2.75) is 117 Å². The number of aromatic nitrogens is 3. The number of halogens is 3. The first kappa shape index (κ1) is 50.3. The molecule has 5 heterocycles. The molecule has 0 spiro atoms. The predicted octanol–water partition coefficient (Wildman–Crippen LogP) is 8.26. The summed E-state index contributed by atoms with van der Waals surface area (Å²) in [6, 6.07) is 18.1. The van der Waals surface area contributed by atoms with Gasteiger partial charge in [-0.05, 0) is 73.9 Å². The molecule has 6 aromatic rings. The van der Waals surface area contributed by atoms with Gasteiger partial charge in [0.05, 0.1) is 40.5 Å². The lowest BCUT2D eigenvalue weighted by Crippen LogP contribution is -2.58. The lowest BCUT2D eigenvalue weighted by atomic mass is 9.85. The van der Waals surface area contributed by atoms with E-state index in [9.17, 15) is 19.5 Å². The number of nitrogens with zero attached hydrogens (tertiary/aromatic N) is 4. The molecule has 0 bridgehead atoms. The van der Waals surface area contributed by atoms with Gasteiger partial charge < -0.3 is 35.1 Å². The van der Waals surface area contributed by atoms with Gasteiger partial charge in [-0.15, -0.1) is 11.3 Å². The number of hydrogen-bond donors (Lipinski definition) is 4.